The zero-order valence-electron chi connectivity index (χ0n) is 22.3. The smallest absolute Gasteiger partial charge is 0.350 e. The number of piperidine rings is 1. The summed E-state index contributed by atoms with van der Waals surface area (Å²) in [4.78, 5) is 25.3. The molecule has 2 saturated carbocycles. The number of rotatable bonds is 4. The van der Waals surface area contributed by atoms with Gasteiger partial charge in [-0.15, -0.1) is 0 Å². The van der Waals surface area contributed by atoms with Gasteiger partial charge in [-0.25, -0.2) is 4.98 Å². The highest BCUT2D eigenvalue weighted by atomic mass is 19.4. The fourth-order valence-electron chi connectivity index (χ4n) is 8.79. The zero-order valence-corrected chi connectivity index (χ0v) is 22.3. The van der Waals surface area contributed by atoms with Crippen LogP contribution in [0.4, 0.5) is 19.0 Å². The first-order valence-electron chi connectivity index (χ1n) is 14.7. The van der Waals surface area contributed by atoms with Crippen molar-refractivity contribution in [3.8, 4) is 0 Å². The number of hydrogen-bond donors (Lipinski definition) is 0. The zero-order chi connectivity index (χ0) is 26.8. The van der Waals surface area contributed by atoms with Crippen LogP contribution < -0.4 is 4.90 Å². The van der Waals surface area contributed by atoms with Gasteiger partial charge in [0, 0.05) is 25.3 Å². The molecule has 1 aromatic heterocycles. The summed E-state index contributed by atoms with van der Waals surface area (Å²) >= 11 is 0. The number of alkyl halides is 3. The first-order chi connectivity index (χ1) is 18.8. The van der Waals surface area contributed by atoms with Crippen molar-refractivity contribution in [3.63, 3.8) is 0 Å². The molecule has 5 atom stereocenters. The van der Waals surface area contributed by atoms with Crippen LogP contribution in [0.3, 0.4) is 0 Å². The lowest BCUT2D eigenvalue weighted by atomic mass is 9.78. The summed E-state index contributed by atoms with van der Waals surface area (Å²) in [6, 6.07) is 13.6. The molecule has 5 aliphatic rings. The van der Waals surface area contributed by atoms with Crippen LogP contribution in [0.2, 0.25) is 0 Å². The van der Waals surface area contributed by atoms with Gasteiger partial charge in [0.1, 0.15) is 5.82 Å². The number of aromatic nitrogens is 1. The number of hydrogen-bond acceptors (Lipinski definition) is 4. The Morgan fingerprint density at radius 2 is 1.74 bits per heavy atom. The number of anilines is 1. The van der Waals surface area contributed by atoms with Crippen LogP contribution in [-0.4, -0.2) is 65.0 Å². The Labute approximate surface area is 228 Å². The quantitative estimate of drug-likeness (QED) is 0.500. The summed E-state index contributed by atoms with van der Waals surface area (Å²) in [5.41, 5.74) is 0.538. The van der Waals surface area contributed by atoms with E-state index in [0.29, 0.717) is 42.7 Å². The van der Waals surface area contributed by atoms with E-state index < -0.39 is 11.7 Å². The molecule has 0 spiro atoms. The van der Waals surface area contributed by atoms with Gasteiger partial charge in [0.25, 0.3) is 0 Å². The van der Waals surface area contributed by atoms with Crippen LogP contribution in [0.15, 0.2) is 48.7 Å². The van der Waals surface area contributed by atoms with E-state index in [-0.39, 0.29) is 17.5 Å². The number of halogens is 3. The highest BCUT2D eigenvalue weighted by Gasteiger charge is 2.59. The topological polar surface area (TPSA) is 39.7 Å². The Balaban J connectivity index is 1.01. The predicted octanol–water partition coefficient (Wildman–Crippen LogP) is 5.72. The van der Waals surface area contributed by atoms with Gasteiger partial charge in [0.05, 0.1) is 23.1 Å². The number of carbonyl (C=O) groups excluding carboxylic acids is 1. The number of likely N-dealkylation sites (tertiary alicyclic amines) is 2. The minimum absolute atomic E-state index is 0.0420. The molecular weight excluding hydrogens is 501 g/mol. The van der Waals surface area contributed by atoms with Gasteiger partial charge in [0.15, 0.2) is 0 Å². The summed E-state index contributed by atoms with van der Waals surface area (Å²) in [6.07, 6.45) is 5.40. The van der Waals surface area contributed by atoms with E-state index in [1.807, 2.05) is 4.90 Å². The molecule has 3 aliphatic heterocycles. The maximum atomic E-state index is 14.3. The third-order valence-corrected chi connectivity index (χ3v) is 10.7. The first-order valence-corrected chi connectivity index (χ1v) is 14.7. The van der Waals surface area contributed by atoms with E-state index >= 15 is 0 Å². The second kappa shape index (κ2) is 9.50. The lowest BCUT2D eigenvalue weighted by Crippen LogP contribution is -2.54. The van der Waals surface area contributed by atoms with E-state index in [2.05, 4.69) is 45.1 Å². The van der Waals surface area contributed by atoms with Gasteiger partial charge >= 0.3 is 6.18 Å². The summed E-state index contributed by atoms with van der Waals surface area (Å²) in [7, 11) is 0. The summed E-state index contributed by atoms with van der Waals surface area (Å²) in [5.74, 6) is 1.80. The molecule has 5 nitrogen and oxygen atoms in total. The van der Waals surface area contributed by atoms with Crippen LogP contribution in [-0.2, 0) is 11.0 Å². The SMILES string of the molecule is O=C(N1C[C@H]2C[C@H]1CN2c1cc(C(F)(F)F)ccn1)[C@@]12CCC[C@@H]1C[C@@H](N1CCC(c3ccccc3)CC1)C2. The van der Waals surface area contributed by atoms with Gasteiger partial charge in [0.2, 0.25) is 5.91 Å². The number of benzene rings is 1. The Bertz CT molecular complexity index is 1210. The predicted molar refractivity (Wildman–Crippen MR) is 143 cm³/mol. The third-order valence-electron chi connectivity index (χ3n) is 10.7. The van der Waals surface area contributed by atoms with Crippen LogP contribution in [0.1, 0.15) is 68.4 Å². The van der Waals surface area contributed by atoms with Crippen molar-refractivity contribution in [1.29, 1.82) is 0 Å². The second-order valence-corrected chi connectivity index (χ2v) is 12.6. The van der Waals surface area contributed by atoms with Gasteiger partial charge in [-0.2, -0.15) is 13.2 Å². The maximum Gasteiger partial charge on any atom is 0.416 e. The van der Waals surface area contributed by atoms with E-state index in [1.54, 1.807) is 0 Å². The van der Waals surface area contributed by atoms with Crippen molar-refractivity contribution in [3.05, 3.63) is 59.8 Å². The Morgan fingerprint density at radius 3 is 2.46 bits per heavy atom. The minimum atomic E-state index is -4.38. The average Bonchev–Trinajstić information content (AvgIpc) is 3.73. The number of piperazine rings is 1. The fourth-order valence-corrected chi connectivity index (χ4v) is 8.79. The molecule has 208 valence electrons. The van der Waals surface area contributed by atoms with Crippen LogP contribution in [0, 0.1) is 11.3 Å². The van der Waals surface area contributed by atoms with Crippen molar-refractivity contribution in [2.45, 2.75) is 81.6 Å². The molecule has 0 N–H and O–H groups in total. The van der Waals surface area contributed by atoms with Crippen LogP contribution in [0.25, 0.3) is 0 Å². The number of fused-ring (bicyclic) bond motifs is 3. The van der Waals surface area contributed by atoms with E-state index in [1.165, 1.54) is 24.6 Å². The molecule has 2 aliphatic carbocycles. The van der Waals surface area contributed by atoms with Crippen molar-refractivity contribution in [2.75, 3.05) is 31.1 Å². The Kier molecular flexibility index (Phi) is 6.18. The standard InChI is InChI=1S/C31H37F3N4O/c32-31(33,34)24-8-12-35-28(16-24)37-19-27-17-26(37)20-38(27)29(39)30-11-4-7-23(30)15-25(18-30)36-13-9-22(10-14-36)21-5-2-1-3-6-21/h1-3,5-6,8,12,16,22-23,25-27H,4,7,9-11,13-15,17-20H2/t23-,25-,26-,27+,30-/m1/s1. The number of amides is 1. The molecule has 4 heterocycles. The largest absolute Gasteiger partial charge is 0.416 e. The molecular formula is C31H37F3N4O. The number of pyridine rings is 1. The molecule has 3 saturated heterocycles. The molecule has 5 fully saturated rings. The lowest BCUT2D eigenvalue weighted by molar-refractivity contribution is -0.144. The molecule has 7 rings (SSSR count). The fraction of sp³-hybridized carbons (Fsp3) is 0.613. The average molecular weight is 539 g/mol. The summed E-state index contributed by atoms with van der Waals surface area (Å²) in [6.45, 7) is 3.38. The van der Waals surface area contributed by atoms with Gasteiger partial charge in [-0.3, -0.25) is 4.79 Å². The summed E-state index contributed by atoms with van der Waals surface area (Å²) in [5, 5.41) is 0. The summed E-state index contributed by atoms with van der Waals surface area (Å²) < 4.78 is 39.8. The van der Waals surface area contributed by atoms with E-state index in [9.17, 15) is 18.0 Å². The van der Waals surface area contributed by atoms with Crippen LogP contribution >= 0.6 is 0 Å². The third kappa shape index (κ3) is 4.34. The Hall–Kier alpha value is -2.61. The highest BCUT2D eigenvalue weighted by molar-refractivity contribution is 5.85. The number of nitrogens with zero attached hydrogens (tertiary/aromatic N) is 4. The van der Waals surface area contributed by atoms with Crippen LogP contribution in [0.5, 0.6) is 0 Å². The minimum Gasteiger partial charge on any atom is -0.350 e. The molecule has 1 aromatic carbocycles. The normalized spacial score (nSPS) is 33.2. The van der Waals surface area contributed by atoms with Crippen molar-refractivity contribution in [1.82, 2.24) is 14.8 Å². The molecule has 2 bridgehead atoms. The maximum absolute atomic E-state index is 14.3. The lowest BCUT2D eigenvalue weighted by Gasteiger charge is -2.41. The monoisotopic (exact) mass is 538 g/mol. The van der Waals surface area contributed by atoms with Gasteiger partial charge < -0.3 is 14.7 Å². The van der Waals surface area contributed by atoms with Gasteiger partial charge in [-0.1, -0.05) is 36.8 Å². The molecule has 39 heavy (non-hydrogen) atoms. The number of carbonyl (C=O) groups is 1. The van der Waals surface area contributed by atoms with E-state index in [4.69, 9.17) is 0 Å². The van der Waals surface area contributed by atoms with Crippen molar-refractivity contribution in [2.24, 2.45) is 11.3 Å². The first kappa shape index (κ1) is 25.4. The molecule has 0 radical (unpaired) electrons. The molecule has 1 amide bonds. The highest BCUT2D eigenvalue weighted by Crippen LogP contribution is 2.57. The second-order valence-electron chi connectivity index (χ2n) is 12.6. The molecule has 8 heteroatoms. The molecule has 0 unspecified atom stereocenters. The molecule has 2 aromatic rings. The van der Waals surface area contributed by atoms with Gasteiger partial charge in [-0.05, 0) is 87.6 Å². The van der Waals surface area contributed by atoms with Crippen molar-refractivity contribution < 1.29 is 18.0 Å². The van der Waals surface area contributed by atoms with E-state index in [0.717, 1.165) is 63.7 Å². The van der Waals surface area contributed by atoms with Crippen molar-refractivity contribution >= 4 is 11.7 Å². The Morgan fingerprint density at radius 1 is 0.949 bits per heavy atom.